The molecule has 0 fully saturated rings. The van der Waals surface area contributed by atoms with Crippen molar-refractivity contribution >= 4 is 0 Å². The van der Waals surface area contributed by atoms with Gasteiger partial charge in [0.1, 0.15) is 0 Å². The van der Waals surface area contributed by atoms with Gasteiger partial charge in [0, 0.05) is 5.41 Å². The smallest absolute Gasteiger partial charge is 0.159 e. The van der Waals surface area contributed by atoms with Gasteiger partial charge in [0.2, 0.25) is 0 Å². The van der Waals surface area contributed by atoms with Crippen molar-refractivity contribution in [3.8, 4) is 0 Å². The first-order valence-corrected chi connectivity index (χ1v) is 2.93. The highest BCUT2D eigenvalue weighted by molar-refractivity contribution is 4.75. The second kappa shape index (κ2) is 2.64. The molecule has 3 N–H and O–H groups in total. The van der Waals surface area contributed by atoms with Crippen LogP contribution in [0.4, 0.5) is 0 Å². The van der Waals surface area contributed by atoms with Crippen LogP contribution >= 0.6 is 0 Å². The molecule has 56 valence electrons. The van der Waals surface area contributed by atoms with Crippen molar-refractivity contribution in [2.75, 3.05) is 0 Å². The highest BCUT2D eigenvalue weighted by Gasteiger charge is 2.31. The second-order valence-electron chi connectivity index (χ2n) is 2.87. The van der Waals surface area contributed by atoms with Crippen LogP contribution in [0, 0.1) is 5.41 Å². The van der Waals surface area contributed by atoms with E-state index >= 15 is 0 Å². The Morgan fingerprint density at radius 2 is 1.44 bits per heavy atom. The predicted molar refractivity (Wildman–Crippen MR) is 33.7 cm³/mol. The van der Waals surface area contributed by atoms with E-state index in [4.69, 9.17) is 15.3 Å². The molecular weight excluding hydrogens is 120 g/mol. The summed E-state index contributed by atoms with van der Waals surface area (Å²) in [6.07, 6.45) is -2.17. The first-order valence-electron chi connectivity index (χ1n) is 2.93. The van der Waals surface area contributed by atoms with E-state index in [1.54, 1.807) is 13.8 Å². The summed E-state index contributed by atoms with van der Waals surface area (Å²) in [5.41, 5.74) is -0.833. The zero-order valence-corrected chi connectivity index (χ0v) is 6.00. The number of hydrogen-bond acceptors (Lipinski definition) is 3. The highest BCUT2D eigenvalue weighted by Crippen LogP contribution is 2.23. The lowest BCUT2D eigenvalue weighted by Crippen LogP contribution is -2.38. The summed E-state index contributed by atoms with van der Waals surface area (Å²) in [5, 5.41) is 26.2. The van der Waals surface area contributed by atoms with E-state index in [0.29, 0.717) is 0 Å². The molecule has 0 aliphatic heterocycles. The van der Waals surface area contributed by atoms with Gasteiger partial charge >= 0.3 is 0 Å². The summed E-state index contributed by atoms with van der Waals surface area (Å²) in [4.78, 5) is 0. The van der Waals surface area contributed by atoms with Crippen molar-refractivity contribution in [3.05, 3.63) is 0 Å². The molecule has 1 unspecified atom stereocenters. The summed E-state index contributed by atoms with van der Waals surface area (Å²) in [5.74, 6) is 0. The fraction of sp³-hybridized carbons (Fsp3) is 1.00. The number of rotatable bonds is 2. The van der Waals surface area contributed by atoms with Crippen molar-refractivity contribution in [1.29, 1.82) is 0 Å². The standard InChI is InChI=1S/C6H14O3/c1-4(7)6(2,3)5(8)9/h4-5,7-9H,1-3H3. The molecular formula is C6H14O3. The van der Waals surface area contributed by atoms with Gasteiger partial charge in [0.25, 0.3) is 0 Å². The molecule has 0 aliphatic carbocycles. The fourth-order valence-corrected chi connectivity index (χ4v) is 0.216. The Bertz CT molecular complexity index is 76.3. The maximum atomic E-state index is 8.93. The molecule has 0 aromatic carbocycles. The van der Waals surface area contributed by atoms with Gasteiger partial charge in [-0.15, -0.1) is 0 Å². The lowest BCUT2D eigenvalue weighted by molar-refractivity contribution is -0.157. The van der Waals surface area contributed by atoms with Crippen LogP contribution in [-0.4, -0.2) is 27.7 Å². The summed E-state index contributed by atoms with van der Waals surface area (Å²) in [7, 11) is 0. The first kappa shape index (κ1) is 8.88. The van der Waals surface area contributed by atoms with Crippen LogP contribution in [0.15, 0.2) is 0 Å². The minimum atomic E-state index is -1.46. The Morgan fingerprint density at radius 3 is 1.44 bits per heavy atom. The Hall–Kier alpha value is -0.120. The maximum Gasteiger partial charge on any atom is 0.159 e. The molecule has 9 heavy (non-hydrogen) atoms. The fourth-order valence-electron chi connectivity index (χ4n) is 0.216. The minimum Gasteiger partial charge on any atom is -0.393 e. The third-order valence-electron chi connectivity index (χ3n) is 1.74. The van der Waals surface area contributed by atoms with Crippen LogP contribution in [0.5, 0.6) is 0 Å². The van der Waals surface area contributed by atoms with Crippen LogP contribution < -0.4 is 0 Å². The molecule has 0 heterocycles. The molecule has 1 atom stereocenters. The van der Waals surface area contributed by atoms with Gasteiger partial charge in [-0.2, -0.15) is 0 Å². The van der Waals surface area contributed by atoms with Gasteiger partial charge in [0.15, 0.2) is 6.29 Å². The van der Waals surface area contributed by atoms with E-state index in [0.717, 1.165) is 0 Å². The number of aliphatic hydroxyl groups excluding tert-OH is 2. The maximum absolute atomic E-state index is 8.93. The average Bonchev–Trinajstić information content (AvgIpc) is 1.65. The summed E-state index contributed by atoms with van der Waals surface area (Å²) < 4.78 is 0. The molecule has 0 rings (SSSR count). The minimum absolute atomic E-state index is 0.711. The van der Waals surface area contributed by atoms with Gasteiger partial charge in [-0.1, -0.05) is 13.8 Å². The van der Waals surface area contributed by atoms with Gasteiger partial charge in [0.05, 0.1) is 6.10 Å². The van der Waals surface area contributed by atoms with E-state index in [1.807, 2.05) is 0 Å². The Morgan fingerprint density at radius 1 is 1.11 bits per heavy atom. The molecule has 0 saturated heterocycles. The molecule has 0 aliphatic rings. The van der Waals surface area contributed by atoms with Crippen LogP contribution in [0.1, 0.15) is 20.8 Å². The monoisotopic (exact) mass is 134 g/mol. The van der Waals surface area contributed by atoms with Crippen LogP contribution in [0.25, 0.3) is 0 Å². The van der Waals surface area contributed by atoms with Crippen molar-refractivity contribution in [2.24, 2.45) is 5.41 Å². The normalized spacial score (nSPS) is 16.3. The number of hydrogen-bond donors (Lipinski definition) is 3. The summed E-state index contributed by atoms with van der Waals surface area (Å²) >= 11 is 0. The average molecular weight is 134 g/mol. The Labute approximate surface area is 54.9 Å². The van der Waals surface area contributed by atoms with Crippen molar-refractivity contribution < 1.29 is 15.3 Å². The lowest BCUT2D eigenvalue weighted by atomic mass is 9.87. The first-order chi connectivity index (χ1) is 3.89. The van der Waals surface area contributed by atoms with Crippen LogP contribution in [0.2, 0.25) is 0 Å². The molecule has 0 radical (unpaired) electrons. The van der Waals surface area contributed by atoms with Gasteiger partial charge in [-0.05, 0) is 6.92 Å². The van der Waals surface area contributed by atoms with Gasteiger partial charge < -0.3 is 15.3 Å². The molecule has 0 aromatic heterocycles. The van der Waals surface area contributed by atoms with E-state index in [1.165, 1.54) is 6.92 Å². The molecule has 0 amide bonds. The van der Waals surface area contributed by atoms with E-state index in [9.17, 15) is 0 Å². The zero-order valence-electron chi connectivity index (χ0n) is 6.00. The lowest BCUT2D eigenvalue weighted by Gasteiger charge is -2.29. The molecule has 0 aromatic rings. The van der Waals surface area contributed by atoms with Gasteiger partial charge in [-0.25, -0.2) is 0 Å². The Kier molecular flexibility index (Phi) is 2.61. The quantitative estimate of drug-likeness (QED) is 0.454. The van der Waals surface area contributed by atoms with Crippen LogP contribution in [0.3, 0.4) is 0 Å². The van der Waals surface area contributed by atoms with E-state index in [2.05, 4.69) is 0 Å². The third kappa shape index (κ3) is 1.93. The largest absolute Gasteiger partial charge is 0.393 e. The van der Waals surface area contributed by atoms with Crippen molar-refractivity contribution in [2.45, 2.75) is 33.2 Å². The topological polar surface area (TPSA) is 60.7 Å². The summed E-state index contributed by atoms with van der Waals surface area (Å²) in [6, 6.07) is 0. The third-order valence-corrected chi connectivity index (χ3v) is 1.74. The Balaban J connectivity index is 4.01. The predicted octanol–water partition coefficient (Wildman–Crippen LogP) is -0.296. The molecule has 0 spiro atoms. The molecule has 3 nitrogen and oxygen atoms in total. The molecule has 0 bridgehead atoms. The van der Waals surface area contributed by atoms with Crippen LogP contribution in [-0.2, 0) is 0 Å². The van der Waals surface area contributed by atoms with Crippen molar-refractivity contribution in [1.82, 2.24) is 0 Å². The highest BCUT2D eigenvalue weighted by atomic mass is 16.5. The van der Waals surface area contributed by atoms with Gasteiger partial charge in [-0.3, -0.25) is 0 Å². The molecule has 0 saturated carbocycles. The zero-order chi connectivity index (χ0) is 7.65. The summed E-state index contributed by atoms with van der Waals surface area (Å²) in [6.45, 7) is 4.70. The van der Waals surface area contributed by atoms with Crippen molar-refractivity contribution in [3.63, 3.8) is 0 Å². The second-order valence-corrected chi connectivity index (χ2v) is 2.87. The SMILES string of the molecule is CC(O)C(C)(C)C(O)O. The van der Waals surface area contributed by atoms with E-state index in [-0.39, 0.29) is 0 Å². The number of aliphatic hydroxyl groups is 3. The van der Waals surface area contributed by atoms with E-state index < -0.39 is 17.8 Å². The molecule has 3 heteroatoms.